The molecule has 0 aromatic carbocycles. The Morgan fingerprint density at radius 1 is 0.900 bits per heavy atom. The molecule has 0 aliphatic heterocycles. The Labute approximate surface area is 51.9 Å². The maximum absolute atomic E-state index is 11.0. The van der Waals surface area contributed by atoms with E-state index in [-0.39, 0.29) is 3.24 Å². The van der Waals surface area contributed by atoms with E-state index in [4.69, 9.17) is 0 Å². The second kappa shape index (κ2) is 1.58. The van der Waals surface area contributed by atoms with Gasteiger partial charge >= 0.3 is 51.3 Å². The van der Waals surface area contributed by atoms with E-state index in [1.165, 1.54) is 0 Å². The zero-order chi connectivity index (χ0) is 8.69. The van der Waals surface area contributed by atoms with Crippen LogP contribution in [0.2, 0.25) is 0 Å². The summed E-state index contributed by atoms with van der Waals surface area (Å²) in [5.41, 5.74) is 0. The molecule has 0 N–H and O–H groups in total. The van der Waals surface area contributed by atoms with Crippen molar-refractivity contribution < 1.29 is 23.2 Å². The summed E-state index contributed by atoms with van der Waals surface area (Å²) in [7, 11) is 0. The van der Waals surface area contributed by atoms with Crippen LogP contribution >= 0.6 is 0 Å². The fraction of sp³-hybridized carbons (Fsp3) is 0. The second-order valence-electron chi connectivity index (χ2n) is 1.26. The molecule has 0 unspecified atom stereocenters. The molecule has 0 spiro atoms. The molecule has 0 aliphatic rings. The van der Waals surface area contributed by atoms with Crippen molar-refractivity contribution in [1.82, 2.24) is 0 Å². The average molecular weight is 287 g/mol. The van der Waals surface area contributed by atoms with Gasteiger partial charge in [0.15, 0.2) is 0 Å². The van der Waals surface area contributed by atoms with Crippen LogP contribution in [0, 0.1) is 0 Å². The molecule has 10 heavy (non-hydrogen) atoms. The zero-order valence-electron chi connectivity index (χ0n) is 4.00. The van der Waals surface area contributed by atoms with Gasteiger partial charge in [-0.05, 0) is 0 Å². The van der Waals surface area contributed by atoms with E-state index in [0.29, 0.717) is 0 Å². The number of rotatable bonds is 1. The number of hydrogen-bond donors (Lipinski definition) is 0. The van der Waals surface area contributed by atoms with Gasteiger partial charge in [-0.2, -0.15) is 0 Å². The summed E-state index contributed by atoms with van der Waals surface area (Å²) in [6.45, 7) is 0. The summed E-state index contributed by atoms with van der Waals surface area (Å²) in [6.07, 6.45) is -3.66. The first-order valence-electron chi connectivity index (χ1n) is 1.56. The molecule has 0 rings (SSSR count). The Hall–Kier alpha value is -0.0304. The van der Waals surface area contributed by atoms with Crippen LogP contribution in [0.4, 0.5) is 23.2 Å². The molecule has 0 radical (unpaired) electrons. The molecular formula is CF7NTe. The van der Waals surface area contributed by atoms with Gasteiger partial charge in [0.1, 0.15) is 0 Å². The van der Waals surface area contributed by atoms with Crippen LogP contribution < -0.4 is 0 Å². The van der Waals surface area contributed by atoms with Crippen LogP contribution in [0.1, 0.15) is 0 Å². The zero-order valence-corrected chi connectivity index (χ0v) is 6.33. The summed E-state index contributed by atoms with van der Waals surface area (Å²) in [4.78, 5) is 0. The first kappa shape index (κ1) is 9.97. The average Bonchev–Trinajstić information content (AvgIpc) is 1.12. The van der Waals surface area contributed by atoms with E-state index >= 15 is 0 Å². The summed E-state index contributed by atoms with van der Waals surface area (Å²) < 4.78 is 75.7. The molecule has 0 saturated heterocycles. The van der Waals surface area contributed by atoms with Crippen LogP contribution in [-0.2, 0) is 0 Å². The van der Waals surface area contributed by atoms with Crippen LogP contribution in [0.25, 0.3) is 0 Å². The third kappa shape index (κ3) is 7.97. The van der Waals surface area contributed by atoms with Crippen LogP contribution in [0.3, 0.4) is 0 Å². The fourth-order valence-corrected chi connectivity index (χ4v) is 0.875. The maximum atomic E-state index is 10.9. The molecular weight excluding hydrogens is 287 g/mol. The molecule has 0 saturated carbocycles. The second-order valence-corrected chi connectivity index (χ2v) is 7.08. The van der Waals surface area contributed by atoms with Crippen molar-refractivity contribution in [1.29, 1.82) is 0 Å². The number of hydrogen-bond acceptors (Lipinski definition) is 1. The van der Waals surface area contributed by atoms with Crippen molar-refractivity contribution in [3.63, 3.8) is 0 Å². The van der Waals surface area contributed by atoms with Gasteiger partial charge < -0.3 is 0 Å². The molecule has 64 valence electrons. The molecule has 9 heteroatoms. The molecule has 0 atom stereocenters. The van der Waals surface area contributed by atoms with Crippen LogP contribution in [0.15, 0.2) is 3.24 Å². The van der Waals surface area contributed by atoms with Crippen molar-refractivity contribution in [3.8, 4) is 0 Å². The Morgan fingerprint density at radius 2 is 1.20 bits per heavy atom. The van der Waals surface area contributed by atoms with Gasteiger partial charge in [0.25, 0.3) is 0 Å². The quantitative estimate of drug-likeness (QED) is 0.399. The fourth-order valence-electron chi connectivity index (χ4n) is 0.130. The van der Waals surface area contributed by atoms with Crippen molar-refractivity contribution in [2.24, 2.45) is 3.24 Å². The molecule has 0 aromatic rings. The molecule has 1 nitrogen and oxygen atoms in total. The Bertz CT molecular complexity index is 167. The molecule has 0 fully saturated rings. The van der Waals surface area contributed by atoms with Gasteiger partial charge in [0.2, 0.25) is 0 Å². The number of nitrogens with zero attached hydrogens (tertiary/aromatic N) is 1. The molecule has 0 aromatic heterocycles. The Morgan fingerprint density at radius 3 is 1.20 bits per heavy atom. The van der Waals surface area contributed by atoms with E-state index in [1.54, 1.807) is 0 Å². The van der Waals surface area contributed by atoms with E-state index in [9.17, 15) is 23.2 Å². The summed E-state index contributed by atoms with van der Waals surface area (Å²) >= 11 is -11.0. The molecule has 0 heterocycles. The third-order valence-corrected chi connectivity index (χ3v) is 1.62. The summed E-state index contributed by atoms with van der Waals surface area (Å²) in [5, 5.41) is 0. The summed E-state index contributed by atoms with van der Waals surface area (Å²) in [5.74, 6) is 0. The van der Waals surface area contributed by atoms with Gasteiger partial charge in [-0.15, -0.1) is 0 Å². The monoisotopic (exact) mass is 289 g/mol. The topological polar surface area (TPSA) is 12.4 Å². The first-order valence-corrected chi connectivity index (χ1v) is 7.00. The minimum atomic E-state index is -11.0. The van der Waals surface area contributed by atoms with Crippen LogP contribution in [0.5, 0.6) is 0 Å². The van der Waals surface area contributed by atoms with Gasteiger partial charge in [0, 0.05) is 0 Å². The van der Waals surface area contributed by atoms with Gasteiger partial charge in [-0.1, -0.05) is 0 Å². The van der Waals surface area contributed by atoms with Crippen molar-refractivity contribution in [2.45, 2.75) is 0 Å². The number of halogens is 7. The van der Waals surface area contributed by atoms with Crippen molar-refractivity contribution >= 4 is 24.8 Å². The minimum absolute atomic E-state index is 0.113. The predicted molar refractivity (Wildman–Crippen MR) is 20.9 cm³/mol. The van der Waals surface area contributed by atoms with E-state index < -0.39 is 24.8 Å². The molecule has 0 aliphatic carbocycles. The standard InChI is InChI=1S/CF7NTe/c2-1(3)9-10(4,5,6,7)8. The van der Waals surface area contributed by atoms with E-state index in [1.807, 2.05) is 0 Å². The van der Waals surface area contributed by atoms with Crippen molar-refractivity contribution in [3.05, 3.63) is 0 Å². The Balaban J connectivity index is 4.96. The summed E-state index contributed by atoms with van der Waals surface area (Å²) in [6, 6.07) is 0. The predicted octanol–water partition coefficient (Wildman–Crippen LogP) is 2.47. The molecule has 0 bridgehead atoms. The third-order valence-electron chi connectivity index (χ3n) is 0.242. The van der Waals surface area contributed by atoms with E-state index in [0.717, 1.165) is 0 Å². The van der Waals surface area contributed by atoms with Gasteiger partial charge in [-0.25, -0.2) is 0 Å². The Kier molecular flexibility index (Phi) is 1.58. The van der Waals surface area contributed by atoms with Gasteiger partial charge in [0.05, 0.1) is 0 Å². The van der Waals surface area contributed by atoms with Crippen LogP contribution in [-0.4, -0.2) is 24.8 Å². The normalized spacial score (nSPS) is 19.1. The SMILES string of the molecule is FC(F)=N[Te](F)(F)(F)(F)F. The van der Waals surface area contributed by atoms with Gasteiger partial charge in [-0.3, -0.25) is 0 Å². The van der Waals surface area contributed by atoms with Crippen molar-refractivity contribution in [2.75, 3.05) is 0 Å². The van der Waals surface area contributed by atoms with E-state index in [2.05, 4.69) is 0 Å². The first-order chi connectivity index (χ1) is 3.89. The molecule has 0 amide bonds.